The highest BCUT2D eigenvalue weighted by atomic mass is 16.5. The summed E-state index contributed by atoms with van der Waals surface area (Å²) in [6.45, 7) is 0. The van der Waals surface area contributed by atoms with Crippen molar-refractivity contribution in [3.63, 3.8) is 0 Å². The van der Waals surface area contributed by atoms with E-state index in [4.69, 9.17) is 10.5 Å². The van der Waals surface area contributed by atoms with Crippen molar-refractivity contribution in [3.8, 4) is 17.1 Å². The van der Waals surface area contributed by atoms with Crippen LogP contribution in [0.3, 0.4) is 0 Å². The van der Waals surface area contributed by atoms with E-state index in [2.05, 4.69) is 4.98 Å². The number of methoxy groups -OCH3 is 1. The second-order valence-electron chi connectivity index (χ2n) is 4.03. The van der Waals surface area contributed by atoms with Crippen LogP contribution in [-0.2, 0) is 0 Å². The van der Waals surface area contributed by atoms with Crippen LogP contribution in [0.1, 0.15) is 0 Å². The van der Waals surface area contributed by atoms with Gasteiger partial charge in [0.2, 0.25) is 0 Å². The molecule has 4 nitrogen and oxygen atoms in total. The molecule has 0 spiro atoms. The molecule has 2 aromatic heterocycles. The van der Waals surface area contributed by atoms with Gasteiger partial charge in [-0.25, -0.2) is 4.98 Å². The number of rotatable bonds is 2. The van der Waals surface area contributed by atoms with E-state index in [0.29, 0.717) is 0 Å². The van der Waals surface area contributed by atoms with Crippen molar-refractivity contribution in [2.75, 3.05) is 12.8 Å². The molecule has 1 aromatic carbocycles. The van der Waals surface area contributed by atoms with Crippen molar-refractivity contribution in [2.24, 2.45) is 0 Å². The first-order valence-corrected chi connectivity index (χ1v) is 5.65. The third-order valence-corrected chi connectivity index (χ3v) is 2.93. The van der Waals surface area contributed by atoms with Crippen LogP contribution in [0.2, 0.25) is 0 Å². The Bertz CT molecular complexity index is 703. The molecule has 2 heterocycles. The number of anilines is 1. The number of nitrogens with zero attached hydrogens (tertiary/aromatic N) is 2. The number of aromatic nitrogens is 2. The Morgan fingerprint density at radius 3 is 2.94 bits per heavy atom. The topological polar surface area (TPSA) is 52.5 Å². The van der Waals surface area contributed by atoms with Gasteiger partial charge in [0.05, 0.1) is 24.5 Å². The molecular weight excluding hydrogens is 226 g/mol. The number of nitrogens with two attached hydrogens (primary N) is 1. The summed E-state index contributed by atoms with van der Waals surface area (Å²) in [6.07, 6.45) is 3.73. The van der Waals surface area contributed by atoms with Crippen molar-refractivity contribution in [1.82, 2.24) is 9.38 Å². The first-order valence-electron chi connectivity index (χ1n) is 5.65. The van der Waals surface area contributed by atoms with Gasteiger partial charge in [-0.3, -0.25) is 4.40 Å². The molecule has 3 rings (SSSR count). The fourth-order valence-electron chi connectivity index (χ4n) is 2.02. The fraction of sp³-hybridized carbons (Fsp3) is 0.0714. The van der Waals surface area contributed by atoms with Crippen LogP contribution in [0, 0.1) is 0 Å². The van der Waals surface area contributed by atoms with Crippen LogP contribution < -0.4 is 10.5 Å². The highest BCUT2D eigenvalue weighted by molar-refractivity contribution is 5.73. The molecule has 0 aliphatic rings. The normalized spacial score (nSPS) is 10.7. The Balaban J connectivity index is 2.22. The molecule has 0 unspecified atom stereocenters. The molecule has 0 bridgehead atoms. The third-order valence-electron chi connectivity index (χ3n) is 2.93. The fourth-order valence-corrected chi connectivity index (χ4v) is 2.02. The number of pyridine rings is 1. The van der Waals surface area contributed by atoms with Gasteiger partial charge in [0.15, 0.2) is 0 Å². The summed E-state index contributed by atoms with van der Waals surface area (Å²) >= 11 is 0. The molecule has 0 saturated heterocycles. The maximum atomic E-state index is 5.92. The first kappa shape index (κ1) is 10.7. The first-order chi connectivity index (χ1) is 8.79. The maximum Gasteiger partial charge on any atom is 0.144 e. The monoisotopic (exact) mass is 239 g/mol. The van der Waals surface area contributed by atoms with Gasteiger partial charge >= 0.3 is 0 Å². The smallest absolute Gasteiger partial charge is 0.144 e. The van der Waals surface area contributed by atoms with Gasteiger partial charge in [-0.05, 0) is 24.3 Å². The van der Waals surface area contributed by atoms with Gasteiger partial charge < -0.3 is 10.5 Å². The van der Waals surface area contributed by atoms with Crippen LogP contribution in [0.15, 0.2) is 48.8 Å². The lowest BCUT2D eigenvalue weighted by Gasteiger charge is -2.04. The Morgan fingerprint density at radius 2 is 2.11 bits per heavy atom. The summed E-state index contributed by atoms with van der Waals surface area (Å²) in [4.78, 5) is 4.43. The lowest BCUT2D eigenvalue weighted by Crippen LogP contribution is -1.93. The average Bonchev–Trinajstić information content (AvgIpc) is 2.84. The minimum atomic E-state index is 0.721. The zero-order valence-electron chi connectivity index (χ0n) is 10.00. The van der Waals surface area contributed by atoms with E-state index in [1.807, 2.05) is 47.0 Å². The summed E-state index contributed by atoms with van der Waals surface area (Å²) in [5.41, 5.74) is 8.55. The van der Waals surface area contributed by atoms with E-state index < -0.39 is 0 Å². The van der Waals surface area contributed by atoms with Crippen LogP contribution in [0.4, 0.5) is 5.69 Å². The highest BCUT2D eigenvalue weighted by Crippen LogP contribution is 2.25. The molecule has 0 aliphatic carbocycles. The number of hydrogen-bond donors (Lipinski definition) is 1. The second kappa shape index (κ2) is 4.07. The lowest BCUT2D eigenvalue weighted by atomic mass is 10.2. The number of nitrogen functional groups attached to an aromatic ring is 1. The van der Waals surface area contributed by atoms with Gasteiger partial charge in [0.1, 0.15) is 11.6 Å². The number of imidazole rings is 1. The van der Waals surface area contributed by atoms with E-state index in [9.17, 15) is 0 Å². The average molecular weight is 239 g/mol. The summed E-state index contributed by atoms with van der Waals surface area (Å²) in [5.74, 6) is 1.67. The largest absolute Gasteiger partial charge is 0.497 e. The van der Waals surface area contributed by atoms with E-state index >= 15 is 0 Å². The van der Waals surface area contributed by atoms with Crippen LogP contribution in [-0.4, -0.2) is 16.5 Å². The number of hydrogen-bond acceptors (Lipinski definition) is 3. The van der Waals surface area contributed by atoms with E-state index in [-0.39, 0.29) is 0 Å². The van der Waals surface area contributed by atoms with E-state index in [1.165, 1.54) is 0 Å². The molecule has 0 atom stereocenters. The van der Waals surface area contributed by atoms with Gasteiger partial charge in [-0.15, -0.1) is 0 Å². The van der Waals surface area contributed by atoms with Gasteiger partial charge in [-0.1, -0.05) is 12.1 Å². The number of fused-ring (bicyclic) bond motifs is 1. The van der Waals surface area contributed by atoms with Crippen LogP contribution >= 0.6 is 0 Å². The molecular formula is C14H13N3O. The highest BCUT2D eigenvalue weighted by Gasteiger charge is 2.08. The van der Waals surface area contributed by atoms with Gasteiger partial charge in [0.25, 0.3) is 0 Å². The minimum absolute atomic E-state index is 0.721. The number of ether oxygens (including phenoxy) is 1. The molecule has 0 amide bonds. The quantitative estimate of drug-likeness (QED) is 0.747. The summed E-state index contributed by atoms with van der Waals surface area (Å²) in [7, 11) is 1.65. The standard InChI is InChI=1S/C14H13N3O/c1-18-11-5-2-4-10(8-11)14-16-9-13-12(15)6-3-7-17(13)14/h2-9H,15H2,1H3. The predicted molar refractivity (Wildman–Crippen MR) is 71.6 cm³/mol. The van der Waals surface area contributed by atoms with Crippen molar-refractivity contribution in [3.05, 3.63) is 48.8 Å². The van der Waals surface area contributed by atoms with Gasteiger partial charge in [-0.2, -0.15) is 0 Å². The van der Waals surface area contributed by atoms with Crippen molar-refractivity contribution < 1.29 is 4.74 Å². The van der Waals surface area contributed by atoms with E-state index in [1.54, 1.807) is 13.3 Å². The summed E-state index contributed by atoms with van der Waals surface area (Å²) in [6, 6.07) is 11.6. The molecule has 0 radical (unpaired) electrons. The van der Waals surface area contributed by atoms with Crippen LogP contribution in [0.25, 0.3) is 16.9 Å². The van der Waals surface area contributed by atoms with Gasteiger partial charge in [0, 0.05) is 11.8 Å². The molecule has 0 aliphatic heterocycles. The molecule has 90 valence electrons. The molecule has 4 heteroatoms. The van der Waals surface area contributed by atoms with Crippen LogP contribution in [0.5, 0.6) is 5.75 Å². The predicted octanol–water partition coefficient (Wildman–Crippen LogP) is 2.59. The Kier molecular flexibility index (Phi) is 2.41. The van der Waals surface area contributed by atoms with Crippen molar-refractivity contribution in [2.45, 2.75) is 0 Å². The molecule has 2 N–H and O–H groups in total. The molecule has 0 fully saturated rings. The maximum absolute atomic E-state index is 5.92. The zero-order valence-corrected chi connectivity index (χ0v) is 10.00. The SMILES string of the molecule is COc1cccc(-c2ncc3c(N)cccn23)c1. The Labute approximate surface area is 105 Å². The Hall–Kier alpha value is -2.49. The minimum Gasteiger partial charge on any atom is -0.497 e. The van der Waals surface area contributed by atoms with Crippen molar-refractivity contribution in [1.29, 1.82) is 0 Å². The molecule has 3 aromatic rings. The number of benzene rings is 1. The van der Waals surface area contributed by atoms with Crippen molar-refractivity contribution >= 4 is 11.2 Å². The second-order valence-corrected chi connectivity index (χ2v) is 4.03. The lowest BCUT2D eigenvalue weighted by molar-refractivity contribution is 0.415. The summed E-state index contributed by atoms with van der Waals surface area (Å²) in [5, 5.41) is 0. The third kappa shape index (κ3) is 1.59. The Morgan fingerprint density at radius 1 is 1.22 bits per heavy atom. The van der Waals surface area contributed by atoms with E-state index in [0.717, 1.165) is 28.3 Å². The molecule has 0 saturated carbocycles. The summed E-state index contributed by atoms with van der Waals surface area (Å²) < 4.78 is 7.20. The molecule has 18 heavy (non-hydrogen) atoms. The zero-order chi connectivity index (χ0) is 12.5.